The Morgan fingerprint density at radius 2 is 2.13 bits per heavy atom. The van der Waals surface area contributed by atoms with Crippen LogP contribution in [0.15, 0.2) is 30.3 Å². The lowest BCUT2D eigenvalue weighted by molar-refractivity contribution is -0.129. The summed E-state index contributed by atoms with van der Waals surface area (Å²) in [6.07, 6.45) is 0.518. The molecule has 15 heavy (non-hydrogen) atoms. The van der Waals surface area contributed by atoms with Gasteiger partial charge in [0.2, 0.25) is 5.91 Å². The monoisotopic (exact) mass is 205 g/mol. The fraction of sp³-hybridized carbons (Fsp3) is 0.364. The number of nitrogens with one attached hydrogen (secondary N) is 1. The van der Waals surface area contributed by atoms with E-state index in [9.17, 15) is 4.79 Å². The first kappa shape index (κ1) is 10.1. The topological polar surface area (TPSA) is 58.4 Å². The van der Waals surface area contributed by atoms with Crippen LogP contribution in [-0.2, 0) is 4.79 Å². The number of hydrogen-bond donors (Lipinski definition) is 2. The van der Waals surface area contributed by atoms with E-state index < -0.39 is 0 Å². The zero-order chi connectivity index (χ0) is 10.7. The Kier molecular flexibility index (Phi) is 2.99. The van der Waals surface area contributed by atoms with E-state index in [1.54, 1.807) is 5.01 Å². The third-order valence-corrected chi connectivity index (χ3v) is 2.55. The fourth-order valence-electron chi connectivity index (χ4n) is 1.79. The Hall–Kier alpha value is -1.39. The minimum absolute atomic E-state index is 0.102. The summed E-state index contributed by atoms with van der Waals surface area (Å²) >= 11 is 0. The summed E-state index contributed by atoms with van der Waals surface area (Å²) in [7, 11) is 0. The smallest absolute Gasteiger partial charge is 0.238 e. The summed E-state index contributed by atoms with van der Waals surface area (Å²) in [4.78, 5) is 11.6. The zero-order valence-corrected chi connectivity index (χ0v) is 8.52. The van der Waals surface area contributed by atoms with E-state index in [2.05, 4.69) is 5.43 Å². The first-order chi connectivity index (χ1) is 7.31. The lowest BCUT2D eigenvalue weighted by Crippen LogP contribution is -2.38. The number of carbonyl (C=O) groups is 1. The molecular formula is C11H15N3O. The molecule has 1 fully saturated rings. The molecule has 1 aliphatic heterocycles. The van der Waals surface area contributed by atoms with Crippen LogP contribution in [0.5, 0.6) is 0 Å². The van der Waals surface area contributed by atoms with Crippen molar-refractivity contribution in [3.8, 4) is 0 Å². The van der Waals surface area contributed by atoms with Gasteiger partial charge in [-0.2, -0.15) is 0 Å². The highest BCUT2D eigenvalue weighted by molar-refractivity contribution is 5.78. The Morgan fingerprint density at radius 3 is 2.80 bits per heavy atom. The van der Waals surface area contributed by atoms with Crippen LogP contribution in [0.4, 0.5) is 0 Å². The number of amides is 1. The van der Waals surface area contributed by atoms with Gasteiger partial charge < -0.3 is 5.73 Å². The van der Waals surface area contributed by atoms with Gasteiger partial charge in [0, 0.05) is 19.5 Å². The van der Waals surface area contributed by atoms with Crippen LogP contribution >= 0.6 is 0 Å². The summed E-state index contributed by atoms with van der Waals surface area (Å²) in [5.74, 6) is 0.120. The number of benzene rings is 1. The third kappa shape index (κ3) is 2.16. The van der Waals surface area contributed by atoms with Crippen LogP contribution in [0.1, 0.15) is 18.0 Å². The average Bonchev–Trinajstić information content (AvgIpc) is 2.63. The molecule has 80 valence electrons. The molecule has 0 aromatic heterocycles. The number of carbonyl (C=O) groups excluding carboxylic acids is 1. The number of hydrazine groups is 1. The Bertz CT molecular complexity index is 339. The summed E-state index contributed by atoms with van der Waals surface area (Å²) in [6.45, 7) is 1.06. The van der Waals surface area contributed by atoms with Gasteiger partial charge in [0.05, 0.1) is 6.04 Å². The van der Waals surface area contributed by atoms with E-state index in [0.717, 1.165) is 5.56 Å². The molecule has 0 spiro atoms. The molecule has 0 radical (unpaired) electrons. The molecule has 1 unspecified atom stereocenters. The number of nitrogens with two attached hydrogens (primary N) is 1. The van der Waals surface area contributed by atoms with E-state index in [4.69, 9.17) is 5.73 Å². The van der Waals surface area contributed by atoms with Crippen molar-refractivity contribution in [3.63, 3.8) is 0 Å². The van der Waals surface area contributed by atoms with Gasteiger partial charge in [-0.1, -0.05) is 30.3 Å². The molecule has 0 aliphatic carbocycles. The second kappa shape index (κ2) is 4.42. The minimum atomic E-state index is 0.102. The summed E-state index contributed by atoms with van der Waals surface area (Å²) in [5, 5.41) is 1.61. The second-order valence-electron chi connectivity index (χ2n) is 3.63. The molecule has 1 aromatic carbocycles. The third-order valence-electron chi connectivity index (χ3n) is 2.55. The Labute approximate surface area is 89.0 Å². The first-order valence-corrected chi connectivity index (χ1v) is 5.13. The van der Waals surface area contributed by atoms with Gasteiger partial charge in [0.1, 0.15) is 0 Å². The van der Waals surface area contributed by atoms with Crippen molar-refractivity contribution < 1.29 is 4.79 Å². The normalized spacial score (nSPS) is 21.0. The van der Waals surface area contributed by atoms with Crippen molar-refractivity contribution in [3.05, 3.63) is 35.9 Å². The van der Waals surface area contributed by atoms with Crippen LogP contribution in [0.3, 0.4) is 0 Å². The fourth-order valence-corrected chi connectivity index (χ4v) is 1.79. The lowest BCUT2D eigenvalue weighted by Gasteiger charge is -2.16. The van der Waals surface area contributed by atoms with Crippen LogP contribution in [0.25, 0.3) is 0 Å². The molecule has 0 bridgehead atoms. The highest BCUT2D eigenvalue weighted by atomic mass is 16.2. The van der Waals surface area contributed by atoms with Gasteiger partial charge >= 0.3 is 0 Å². The van der Waals surface area contributed by atoms with Crippen molar-refractivity contribution in [2.75, 3.05) is 13.1 Å². The zero-order valence-electron chi connectivity index (χ0n) is 8.52. The van der Waals surface area contributed by atoms with Crippen molar-refractivity contribution in [1.29, 1.82) is 0 Å². The van der Waals surface area contributed by atoms with E-state index in [1.807, 2.05) is 30.3 Å². The Morgan fingerprint density at radius 1 is 1.40 bits per heavy atom. The van der Waals surface area contributed by atoms with Crippen molar-refractivity contribution in [2.45, 2.75) is 12.5 Å². The van der Waals surface area contributed by atoms with E-state index in [1.165, 1.54) is 0 Å². The highest BCUT2D eigenvalue weighted by Crippen LogP contribution is 2.22. The number of nitrogens with zero attached hydrogens (tertiary/aromatic N) is 1. The molecule has 1 aromatic rings. The molecule has 4 heteroatoms. The van der Waals surface area contributed by atoms with Gasteiger partial charge in [-0.3, -0.25) is 9.80 Å². The summed E-state index contributed by atoms with van der Waals surface area (Å²) in [5.41, 5.74) is 9.73. The molecular weight excluding hydrogens is 190 g/mol. The van der Waals surface area contributed by atoms with Gasteiger partial charge in [-0.25, -0.2) is 5.43 Å². The van der Waals surface area contributed by atoms with E-state index in [0.29, 0.717) is 19.5 Å². The average molecular weight is 205 g/mol. The summed E-state index contributed by atoms with van der Waals surface area (Å²) in [6, 6.07) is 10.1. The van der Waals surface area contributed by atoms with Crippen molar-refractivity contribution in [1.82, 2.24) is 10.4 Å². The largest absolute Gasteiger partial charge is 0.329 e. The molecule has 1 atom stereocenters. The van der Waals surface area contributed by atoms with Crippen molar-refractivity contribution in [2.24, 2.45) is 5.73 Å². The van der Waals surface area contributed by atoms with Gasteiger partial charge in [-0.15, -0.1) is 0 Å². The van der Waals surface area contributed by atoms with Crippen LogP contribution in [0, 0.1) is 0 Å². The Balaban J connectivity index is 2.06. The van der Waals surface area contributed by atoms with E-state index in [-0.39, 0.29) is 11.9 Å². The van der Waals surface area contributed by atoms with Gasteiger partial charge in [0.25, 0.3) is 0 Å². The minimum Gasteiger partial charge on any atom is -0.329 e. The van der Waals surface area contributed by atoms with Crippen LogP contribution in [-0.4, -0.2) is 24.0 Å². The molecule has 1 saturated heterocycles. The predicted molar refractivity (Wildman–Crippen MR) is 57.7 cm³/mol. The second-order valence-corrected chi connectivity index (χ2v) is 3.63. The SMILES string of the molecule is NCCN1NC(c2ccccc2)CC1=O. The maximum atomic E-state index is 11.6. The quantitative estimate of drug-likeness (QED) is 0.752. The van der Waals surface area contributed by atoms with Gasteiger partial charge in [-0.05, 0) is 5.56 Å². The molecule has 4 nitrogen and oxygen atoms in total. The van der Waals surface area contributed by atoms with E-state index >= 15 is 0 Å². The maximum absolute atomic E-state index is 11.6. The predicted octanol–water partition coefficient (Wildman–Crippen LogP) is 0.423. The molecule has 2 rings (SSSR count). The first-order valence-electron chi connectivity index (χ1n) is 5.13. The summed E-state index contributed by atoms with van der Waals surface area (Å²) < 4.78 is 0. The molecule has 3 N–H and O–H groups in total. The molecule has 1 heterocycles. The highest BCUT2D eigenvalue weighted by Gasteiger charge is 2.29. The van der Waals surface area contributed by atoms with Crippen LogP contribution in [0.2, 0.25) is 0 Å². The molecule has 1 aliphatic rings. The van der Waals surface area contributed by atoms with Crippen molar-refractivity contribution >= 4 is 5.91 Å². The standard InChI is InChI=1S/C11H15N3O/c12-6-7-14-11(15)8-10(13-14)9-4-2-1-3-5-9/h1-5,10,13H,6-8,12H2. The molecule has 0 saturated carbocycles. The van der Waals surface area contributed by atoms with Gasteiger partial charge in [0.15, 0.2) is 0 Å². The maximum Gasteiger partial charge on any atom is 0.238 e. The number of hydrogen-bond acceptors (Lipinski definition) is 3. The molecule has 1 amide bonds. The van der Waals surface area contributed by atoms with Crippen LogP contribution < -0.4 is 11.2 Å². The lowest BCUT2D eigenvalue weighted by atomic mass is 10.1. The number of rotatable bonds is 3.